The van der Waals surface area contributed by atoms with Crippen LogP contribution in [0.2, 0.25) is 0 Å². The first kappa shape index (κ1) is 14.3. The van der Waals surface area contributed by atoms with Gasteiger partial charge in [-0.1, -0.05) is 12.1 Å². The molecule has 0 N–H and O–H groups in total. The first-order chi connectivity index (χ1) is 8.29. The Balaban J connectivity index is 3.33. The Hall–Kier alpha value is -1.72. The van der Waals surface area contributed by atoms with E-state index in [1.807, 2.05) is 0 Å². The van der Waals surface area contributed by atoms with Gasteiger partial charge in [0.1, 0.15) is 0 Å². The zero-order chi connectivity index (χ0) is 13.9. The molecule has 0 aliphatic heterocycles. The van der Waals surface area contributed by atoms with Crippen LogP contribution < -0.4 is 4.90 Å². The number of hydrogen-bond acceptors (Lipinski definition) is 3. The maximum Gasteiger partial charge on any atom is 0.485 e. The normalized spacial score (nSPS) is 11.5. The van der Waals surface area contributed by atoms with E-state index in [-0.39, 0.29) is 16.2 Å². The molecular weight excluding hydrogens is 247 g/mol. The fourth-order valence-electron chi connectivity index (χ4n) is 1.67. The summed E-state index contributed by atoms with van der Waals surface area (Å²) in [6, 6.07) is 4.67. The van der Waals surface area contributed by atoms with E-state index in [1.54, 1.807) is 0 Å². The molecule has 0 bridgehead atoms. The van der Waals surface area contributed by atoms with Crippen LogP contribution in [0, 0.1) is 0 Å². The smallest absolute Gasteiger partial charge is 0.465 e. The summed E-state index contributed by atoms with van der Waals surface area (Å²) >= 11 is 0. The Morgan fingerprint density at radius 3 is 2.28 bits per heavy atom. The summed E-state index contributed by atoms with van der Waals surface area (Å²) in [6.07, 6.45) is -4.56. The van der Waals surface area contributed by atoms with Gasteiger partial charge in [0, 0.05) is 6.04 Å². The first-order valence-electron chi connectivity index (χ1n) is 5.32. The fraction of sp³-hybridized carbons (Fsp3) is 0.417. The third-order valence-corrected chi connectivity index (χ3v) is 2.36. The average Bonchev–Trinajstić information content (AvgIpc) is 2.26. The molecule has 0 aliphatic rings. The van der Waals surface area contributed by atoms with E-state index in [1.165, 1.54) is 38.1 Å². The summed E-state index contributed by atoms with van der Waals surface area (Å²) < 4.78 is 43.4. The third kappa shape index (κ3) is 2.94. The van der Waals surface area contributed by atoms with Crippen LogP contribution in [0.4, 0.5) is 18.9 Å². The molecular formula is C12H14F3NO2. The molecule has 0 radical (unpaired) electrons. The van der Waals surface area contributed by atoms with Gasteiger partial charge in [-0.05, 0) is 26.0 Å². The van der Waals surface area contributed by atoms with Crippen LogP contribution in [0.25, 0.3) is 0 Å². The number of para-hydroxylation sites is 1. The van der Waals surface area contributed by atoms with Gasteiger partial charge in [0.2, 0.25) is 0 Å². The van der Waals surface area contributed by atoms with E-state index in [0.717, 1.165) is 7.11 Å². The lowest BCUT2D eigenvalue weighted by Crippen LogP contribution is -2.44. The largest absolute Gasteiger partial charge is 0.485 e. The Morgan fingerprint density at radius 1 is 1.28 bits per heavy atom. The molecule has 1 rings (SSSR count). The molecule has 0 aliphatic carbocycles. The minimum absolute atomic E-state index is 0.106. The van der Waals surface area contributed by atoms with Crippen LogP contribution in [0.5, 0.6) is 0 Å². The monoisotopic (exact) mass is 261 g/mol. The highest BCUT2D eigenvalue weighted by molar-refractivity contribution is 5.95. The van der Waals surface area contributed by atoms with Gasteiger partial charge in [0.05, 0.1) is 18.4 Å². The second-order valence-corrected chi connectivity index (χ2v) is 3.94. The van der Waals surface area contributed by atoms with Crippen molar-refractivity contribution in [1.29, 1.82) is 0 Å². The number of hydrogen-bond donors (Lipinski definition) is 0. The van der Waals surface area contributed by atoms with Gasteiger partial charge in [0.25, 0.3) is 0 Å². The number of halogens is 3. The van der Waals surface area contributed by atoms with Crippen molar-refractivity contribution in [3.8, 4) is 0 Å². The van der Waals surface area contributed by atoms with Gasteiger partial charge in [-0.15, -0.1) is 0 Å². The number of rotatable bonds is 3. The van der Waals surface area contributed by atoms with E-state index < -0.39 is 18.3 Å². The van der Waals surface area contributed by atoms with Crippen LogP contribution in [0.1, 0.15) is 24.2 Å². The highest BCUT2D eigenvalue weighted by Gasteiger charge is 2.40. The summed E-state index contributed by atoms with van der Waals surface area (Å²) in [6.45, 7) is 2.81. The highest BCUT2D eigenvalue weighted by atomic mass is 19.4. The predicted octanol–water partition coefficient (Wildman–Crippen LogP) is 3.21. The first-order valence-corrected chi connectivity index (χ1v) is 5.32. The molecule has 0 saturated carbocycles. The predicted molar refractivity (Wildman–Crippen MR) is 61.5 cm³/mol. The van der Waals surface area contributed by atoms with Crippen molar-refractivity contribution in [2.24, 2.45) is 0 Å². The lowest BCUT2D eigenvalue weighted by molar-refractivity contribution is -0.133. The summed E-state index contributed by atoms with van der Waals surface area (Å²) in [5, 5.41) is 0. The van der Waals surface area contributed by atoms with Crippen LogP contribution in [0.3, 0.4) is 0 Å². The molecule has 100 valence electrons. The zero-order valence-corrected chi connectivity index (χ0v) is 10.3. The van der Waals surface area contributed by atoms with E-state index in [4.69, 9.17) is 0 Å². The maximum absolute atomic E-state index is 13.0. The van der Waals surface area contributed by atoms with E-state index in [2.05, 4.69) is 4.74 Å². The number of carbonyl (C=O) groups excluding carboxylic acids is 1. The van der Waals surface area contributed by atoms with Gasteiger partial charge in [-0.3, -0.25) is 4.90 Å². The molecule has 0 atom stereocenters. The zero-order valence-electron chi connectivity index (χ0n) is 10.3. The summed E-state index contributed by atoms with van der Waals surface area (Å²) in [4.78, 5) is 11.7. The SMILES string of the molecule is COC(=O)c1ccccc1N(C(C)C)C(F)(F)F. The topological polar surface area (TPSA) is 29.5 Å². The molecule has 0 amide bonds. The standard InChI is InChI=1S/C12H14F3NO2/c1-8(2)16(12(13,14)15)10-7-5-4-6-9(10)11(17)18-3/h4-8H,1-3H3. The summed E-state index contributed by atoms with van der Waals surface area (Å²) in [5.74, 6) is -0.791. The lowest BCUT2D eigenvalue weighted by Gasteiger charge is -2.31. The van der Waals surface area contributed by atoms with Crippen LogP contribution in [-0.2, 0) is 4.74 Å². The molecule has 6 heteroatoms. The molecule has 1 aromatic rings. The molecule has 18 heavy (non-hydrogen) atoms. The van der Waals surface area contributed by atoms with Crippen LogP contribution in [0.15, 0.2) is 24.3 Å². The molecule has 3 nitrogen and oxygen atoms in total. The molecule has 0 aromatic heterocycles. The van der Waals surface area contributed by atoms with Gasteiger partial charge < -0.3 is 4.74 Å². The second kappa shape index (κ2) is 5.29. The average molecular weight is 261 g/mol. The highest BCUT2D eigenvalue weighted by Crippen LogP contribution is 2.33. The van der Waals surface area contributed by atoms with E-state index in [0.29, 0.717) is 0 Å². The van der Waals surface area contributed by atoms with E-state index >= 15 is 0 Å². The van der Waals surface area contributed by atoms with Crippen molar-refractivity contribution in [3.63, 3.8) is 0 Å². The number of esters is 1. The van der Waals surface area contributed by atoms with Gasteiger partial charge in [-0.2, -0.15) is 13.2 Å². The number of nitrogens with zero attached hydrogens (tertiary/aromatic N) is 1. The molecule has 0 unspecified atom stereocenters. The number of alkyl halides is 3. The van der Waals surface area contributed by atoms with Gasteiger partial charge >= 0.3 is 12.3 Å². The maximum atomic E-state index is 13.0. The van der Waals surface area contributed by atoms with Crippen molar-refractivity contribution in [3.05, 3.63) is 29.8 Å². The molecule has 0 fully saturated rings. The molecule has 0 heterocycles. The third-order valence-electron chi connectivity index (χ3n) is 2.36. The molecule has 0 spiro atoms. The number of benzene rings is 1. The Morgan fingerprint density at radius 2 is 1.83 bits per heavy atom. The lowest BCUT2D eigenvalue weighted by atomic mass is 10.1. The number of anilines is 1. The molecule has 1 aromatic carbocycles. The molecule has 0 saturated heterocycles. The number of carbonyl (C=O) groups is 1. The minimum Gasteiger partial charge on any atom is -0.465 e. The van der Waals surface area contributed by atoms with Gasteiger partial charge in [-0.25, -0.2) is 4.79 Å². The fourth-order valence-corrected chi connectivity index (χ4v) is 1.67. The van der Waals surface area contributed by atoms with Gasteiger partial charge in [0.15, 0.2) is 0 Å². The number of ether oxygens (including phenoxy) is 1. The van der Waals surface area contributed by atoms with Crippen molar-refractivity contribution in [2.75, 3.05) is 12.0 Å². The summed E-state index contributed by atoms with van der Waals surface area (Å²) in [7, 11) is 1.13. The second-order valence-electron chi connectivity index (χ2n) is 3.94. The van der Waals surface area contributed by atoms with Crippen molar-refractivity contribution < 1.29 is 22.7 Å². The Labute approximate surface area is 103 Å². The summed E-state index contributed by atoms with van der Waals surface area (Å²) in [5.41, 5.74) is -0.308. The van der Waals surface area contributed by atoms with Crippen LogP contribution in [-0.4, -0.2) is 25.4 Å². The quantitative estimate of drug-likeness (QED) is 0.618. The van der Waals surface area contributed by atoms with E-state index in [9.17, 15) is 18.0 Å². The Bertz CT molecular complexity index is 430. The minimum atomic E-state index is -4.56. The Kier molecular flexibility index (Phi) is 4.21. The van der Waals surface area contributed by atoms with Crippen molar-refractivity contribution in [2.45, 2.75) is 26.2 Å². The number of methoxy groups -OCH3 is 1. The van der Waals surface area contributed by atoms with Crippen molar-refractivity contribution in [1.82, 2.24) is 0 Å². The van der Waals surface area contributed by atoms with Crippen LogP contribution >= 0.6 is 0 Å². The van der Waals surface area contributed by atoms with Crippen molar-refractivity contribution >= 4 is 11.7 Å².